The molecule has 2 aromatic carbocycles. The van der Waals surface area contributed by atoms with E-state index in [9.17, 15) is 13.2 Å². The number of guanidine groups is 1. The number of aliphatic imine (C=N–C) groups is 1. The Labute approximate surface area is 202 Å². The monoisotopic (exact) mass is 488 g/mol. The van der Waals surface area contributed by atoms with E-state index < -0.39 is 16.1 Å². The summed E-state index contributed by atoms with van der Waals surface area (Å²) in [4.78, 5) is 21.2. The van der Waals surface area contributed by atoms with Gasteiger partial charge >= 0.3 is 0 Å². The van der Waals surface area contributed by atoms with Crippen LogP contribution in [0.1, 0.15) is 32.6 Å². The lowest BCUT2D eigenvalue weighted by atomic mass is 9.98. The summed E-state index contributed by atoms with van der Waals surface area (Å²) in [5.74, 6) is 0.331. The van der Waals surface area contributed by atoms with Crippen LogP contribution in [0.15, 0.2) is 46.3 Å². The molecule has 5 N–H and O–H groups in total. The Kier molecular flexibility index (Phi) is 8.37. The van der Waals surface area contributed by atoms with Crippen molar-refractivity contribution in [2.45, 2.75) is 43.5 Å². The number of piperidine rings is 1. The number of amides is 1. The van der Waals surface area contributed by atoms with Gasteiger partial charge in [-0.25, -0.2) is 8.42 Å². The summed E-state index contributed by atoms with van der Waals surface area (Å²) in [7, 11) is -0.146. The molecule has 0 radical (unpaired) electrons. The van der Waals surface area contributed by atoms with Gasteiger partial charge in [-0.3, -0.25) is 9.79 Å². The molecular formula is C24H36N6O3S. The van der Waals surface area contributed by atoms with E-state index in [2.05, 4.69) is 16.6 Å². The van der Waals surface area contributed by atoms with Crippen molar-refractivity contribution in [2.75, 3.05) is 38.6 Å². The summed E-state index contributed by atoms with van der Waals surface area (Å²) in [5.41, 5.74) is 11.7. The molecule has 0 aromatic heterocycles. The second-order valence-corrected chi connectivity index (χ2v) is 10.8. The number of fused-ring (bicyclic) bond motifs is 1. The zero-order valence-corrected chi connectivity index (χ0v) is 21.0. The van der Waals surface area contributed by atoms with E-state index in [-0.39, 0.29) is 16.8 Å². The first-order valence-electron chi connectivity index (χ1n) is 11.7. The smallest absolute Gasteiger partial charge is 0.241 e. The van der Waals surface area contributed by atoms with E-state index >= 15 is 0 Å². The summed E-state index contributed by atoms with van der Waals surface area (Å²) in [5, 5.41) is 1.44. The number of rotatable bonds is 9. The predicted octanol–water partition coefficient (Wildman–Crippen LogP) is 1.86. The second kappa shape index (κ2) is 11.1. The molecular weight excluding hydrogens is 452 g/mol. The molecule has 1 amide bonds. The standard InChI is InChI=1S/C24H36N6O3S/c1-17-12-15-30(16-13-17)23(31)20(9-6-14-27-24(25)26)28-34(32,33)22-11-5-7-18-19(22)8-4-10-21(18)29(2)3/h4-5,7-8,10-11,17,20,28H,6,9,12-16H2,1-3H3,(H4,25,26,27)/t20-/m0/s1. The van der Waals surface area contributed by atoms with Crippen LogP contribution in [0.4, 0.5) is 5.69 Å². The maximum absolute atomic E-state index is 13.6. The van der Waals surface area contributed by atoms with Crippen molar-refractivity contribution in [3.05, 3.63) is 36.4 Å². The third kappa shape index (κ3) is 6.18. The molecule has 1 aliphatic heterocycles. The van der Waals surface area contributed by atoms with E-state index in [0.29, 0.717) is 43.8 Å². The summed E-state index contributed by atoms with van der Waals surface area (Å²) < 4.78 is 29.8. The van der Waals surface area contributed by atoms with Gasteiger partial charge < -0.3 is 21.3 Å². The molecule has 3 rings (SSSR count). The first-order chi connectivity index (χ1) is 16.1. The molecule has 0 saturated carbocycles. The van der Waals surface area contributed by atoms with Gasteiger partial charge in [0.1, 0.15) is 6.04 Å². The van der Waals surface area contributed by atoms with Gasteiger partial charge in [0.25, 0.3) is 0 Å². The quantitative estimate of drug-likeness (QED) is 0.280. The number of benzene rings is 2. The summed E-state index contributed by atoms with van der Waals surface area (Å²) in [6, 6.07) is 9.89. The fraction of sp³-hybridized carbons (Fsp3) is 0.500. The van der Waals surface area contributed by atoms with Crippen LogP contribution in [-0.4, -0.2) is 65.0 Å². The molecule has 9 nitrogen and oxygen atoms in total. The number of carbonyl (C=O) groups excluding carboxylic acids is 1. The first kappa shape index (κ1) is 25.8. The number of sulfonamides is 1. The Balaban J connectivity index is 1.90. The van der Waals surface area contributed by atoms with Crippen LogP contribution in [0.3, 0.4) is 0 Å². The number of carbonyl (C=O) groups is 1. The van der Waals surface area contributed by atoms with Crippen molar-refractivity contribution in [3.8, 4) is 0 Å². The van der Waals surface area contributed by atoms with Crippen LogP contribution >= 0.6 is 0 Å². The van der Waals surface area contributed by atoms with Crippen molar-refractivity contribution in [1.82, 2.24) is 9.62 Å². The zero-order valence-electron chi connectivity index (χ0n) is 20.2. The Morgan fingerprint density at radius 3 is 2.44 bits per heavy atom. The van der Waals surface area contributed by atoms with Crippen LogP contribution in [0.2, 0.25) is 0 Å². The molecule has 0 spiro atoms. The number of hydrogen-bond donors (Lipinski definition) is 3. The normalized spacial score (nSPS) is 15.8. The van der Waals surface area contributed by atoms with Gasteiger partial charge in [0.2, 0.25) is 15.9 Å². The van der Waals surface area contributed by atoms with Crippen molar-refractivity contribution in [2.24, 2.45) is 22.4 Å². The van der Waals surface area contributed by atoms with E-state index in [1.54, 1.807) is 23.1 Å². The van der Waals surface area contributed by atoms with E-state index in [0.717, 1.165) is 23.9 Å². The molecule has 186 valence electrons. The molecule has 2 aromatic rings. The molecule has 34 heavy (non-hydrogen) atoms. The number of nitrogens with two attached hydrogens (primary N) is 2. The molecule has 0 bridgehead atoms. The summed E-state index contributed by atoms with van der Waals surface area (Å²) in [6.07, 6.45) is 2.60. The Hall–Kier alpha value is -2.85. The predicted molar refractivity (Wildman–Crippen MR) is 137 cm³/mol. The van der Waals surface area contributed by atoms with Crippen LogP contribution in [0.25, 0.3) is 10.8 Å². The van der Waals surface area contributed by atoms with E-state index in [1.165, 1.54) is 0 Å². The maximum Gasteiger partial charge on any atom is 0.241 e. The van der Waals surface area contributed by atoms with Gasteiger partial charge in [0, 0.05) is 50.2 Å². The lowest BCUT2D eigenvalue weighted by Crippen LogP contribution is -2.50. The summed E-state index contributed by atoms with van der Waals surface area (Å²) in [6.45, 7) is 3.75. The highest BCUT2D eigenvalue weighted by molar-refractivity contribution is 7.89. The molecule has 1 aliphatic rings. The van der Waals surface area contributed by atoms with Crippen molar-refractivity contribution >= 4 is 38.3 Å². The maximum atomic E-state index is 13.6. The third-order valence-electron chi connectivity index (χ3n) is 6.27. The van der Waals surface area contributed by atoms with Crippen LogP contribution < -0.4 is 21.1 Å². The highest BCUT2D eigenvalue weighted by atomic mass is 32.2. The second-order valence-electron chi connectivity index (χ2n) is 9.15. The fourth-order valence-corrected chi connectivity index (χ4v) is 5.77. The Bertz CT molecular complexity index is 1140. The molecule has 1 heterocycles. The number of nitrogens with zero attached hydrogens (tertiary/aromatic N) is 3. The van der Waals surface area contributed by atoms with E-state index in [4.69, 9.17) is 11.5 Å². The fourth-order valence-electron chi connectivity index (χ4n) is 4.33. The minimum Gasteiger partial charge on any atom is -0.377 e. The molecule has 0 unspecified atom stereocenters. The zero-order chi connectivity index (χ0) is 24.9. The van der Waals surface area contributed by atoms with Gasteiger partial charge in [-0.15, -0.1) is 0 Å². The number of likely N-dealkylation sites (tertiary alicyclic amines) is 1. The average Bonchev–Trinajstić information content (AvgIpc) is 2.80. The Morgan fingerprint density at radius 1 is 1.15 bits per heavy atom. The van der Waals surface area contributed by atoms with Crippen molar-refractivity contribution < 1.29 is 13.2 Å². The van der Waals surface area contributed by atoms with E-state index in [1.807, 2.05) is 37.2 Å². The molecule has 10 heteroatoms. The van der Waals surface area contributed by atoms with Gasteiger partial charge in [0.15, 0.2) is 5.96 Å². The van der Waals surface area contributed by atoms with Gasteiger partial charge in [-0.05, 0) is 43.7 Å². The lowest BCUT2D eigenvalue weighted by Gasteiger charge is -2.33. The first-order valence-corrected chi connectivity index (χ1v) is 13.1. The summed E-state index contributed by atoms with van der Waals surface area (Å²) >= 11 is 0. The van der Waals surface area contributed by atoms with Gasteiger partial charge in [0.05, 0.1) is 4.90 Å². The molecule has 0 aliphatic carbocycles. The minimum absolute atomic E-state index is 0.0269. The van der Waals surface area contributed by atoms with Crippen LogP contribution in [-0.2, 0) is 14.8 Å². The van der Waals surface area contributed by atoms with Gasteiger partial charge in [-0.2, -0.15) is 4.72 Å². The third-order valence-corrected chi connectivity index (χ3v) is 7.80. The van der Waals surface area contributed by atoms with Crippen molar-refractivity contribution in [3.63, 3.8) is 0 Å². The van der Waals surface area contributed by atoms with Crippen LogP contribution in [0, 0.1) is 5.92 Å². The average molecular weight is 489 g/mol. The number of hydrogen-bond acceptors (Lipinski definition) is 5. The molecule has 1 fully saturated rings. The van der Waals surface area contributed by atoms with Crippen molar-refractivity contribution in [1.29, 1.82) is 0 Å². The highest BCUT2D eigenvalue weighted by Crippen LogP contribution is 2.30. The minimum atomic E-state index is -3.98. The Morgan fingerprint density at radius 2 is 1.79 bits per heavy atom. The molecule has 1 atom stereocenters. The topological polar surface area (TPSA) is 134 Å². The number of anilines is 1. The highest BCUT2D eigenvalue weighted by Gasteiger charge is 2.31. The van der Waals surface area contributed by atoms with Gasteiger partial charge in [-0.1, -0.05) is 31.2 Å². The lowest BCUT2D eigenvalue weighted by molar-refractivity contribution is -0.134. The molecule has 1 saturated heterocycles. The van der Waals surface area contributed by atoms with Crippen LogP contribution in [0.5, 0.6) is 0 Å². The number of nitrogens with one attached hydrogen (secondary N) is 1. The SMILES string of the molecule is CC1CCN(C(=O)[C@H](CCCN=C(N)N)NS(=O)(=O)c2cccc3c(N(C)C)cccc23)CC1. The largest absolute Gasteiger partial charge is 0.377 e.